The van der Waals surface area contributed by atoms with Crippen molar-refractivity contribution in [2.45, 2.75) is 97.4 Å². The van der Waals surface area contributed by atoms with Crippen molar-refractivity contribution in [3.8, 4) is 0 Å². The van der Waals surface area contributed by atoms with Gasteiger partial charge in [0.25, 0.3) is 0 Å². The van der Waals surface area contributed by atoms with Crippen LogP contribution in [0, 0.1) is 0 Å². The Morgan fingerprint density at radius 2 is 1.35 bits per heavy atom. The summed E-state index contributed by atoms with van der Waals surface area (Å²) in [6.07, 6.45) is 15.2. The fraction of sp³-hybridized carbons (Fsp3) is 1.00. The van der Waals surface area contributed by atoms with Gasteiger partial charge < -0.3 is 10.1 Å². The molecule has 20 heavy (non-hydrogen) atoms. The number of rotatable bonds is 16. The molecule has 0 heterocycles. The van der Waals surface area contributed by atoms with Crippen molar-refractivity contribution < 1.29 is 4.74 Å². The van der Waals surface area contributed by atoms with E-state index in [0.29, 0.717) is 6.04 Å². The monoisotopic (exact) mass is 285 g/mol. The first kappa shape index (κ1) is 19.9. The van der Waals surface area contributed by atoms with Gasteiger partial charge in [-0.1, -0.05) is 71.6 Å². The second-order valence-electron chi connectivity index (χ2n) is 5.93. The van der Waals surface area contributed by atoms with E-state index in [2.05, 4.69) is 26.1 Å². The van der Waals surface area contributed by atoms with Gasteiger partial charge in [0.05, 0.1) is 6.61 Å². The molecule has 0 aliphatic heterocycles. The van der Waals surface area contributed by atoms with Crippen molar-refractivity contribution >= 4 is 0 Å². The molecule has 0 aromatic heterocycles. The molecule has 0 fully saturated rings. The lowest BCUT2D eigenvalue weighted by atomic mass is 10.0. The van der Waals surface area contributed by atoms with Crippen LogP contribution in [-0.2, 0) is 4.74 Å². The zero-order valence-electron chi connectivity index (χ0n) is 14.4. The fourth-order valence-electron chi connectivity index (χ4n) is 2.55. The van der Waals surface area contributed by atoms with Crippen LogP contribution in [0.4, 0.5) is 0 Å². The average molecular weight is 286 g/mol. The Morgan fingerprint density at radius 1 is 0.750 bits per heavy atom. The van der Waals surface area contributed by atoms with Gasteiger partial charge in [-0.05, 0) is 26.3 Å². The van der Waals surface area contributed by atoms with Crippen molar-refractivity contribution in [1.82, 2.24) is 5.32 Å². The van der Waals surface area contributed by atoms with Crippen molar-refractivity contribution in [2.75, 3.05) is 19.8 Å². The lowest BCUT2D eigenvalue weighted by Gasteiger charge is -2.18. The molecule has 0 aromatic carbocycles. The van der Waals surface area contributed by atoms with Crippen LogP contribution in [0.25, 0.3) is 0 Å². The minimum absolute atomic E-state index is 0.569. The first-order chi connectivity index (χ1) is 9.85. The number of ether oxygens (including phenoxy) is 1. The molecular weight excluding hydrogens is 246 g/mol. The summed E-state index contributed by atoms with van der Waals surface area (Å²) in [7, 11) is 0. The Kier molecular flexibility index (Phi) is 16.9. The maximum atomic E-state index is 5.56. The molecule has 0 bridgehead atoms. The highest BCUT2D eigenvalue weighted by atomic mass is 16.5. The Labute approximate surface area is 128 Å². The molecule has 2 heteroatoms. The first-order valence-electron chi connectivity index (χ1n) is 9.16. The van der Waals surface area contributed by atoms with Gasteiger partial charge in [-0.2, -0.15) is 0 Å². The summed E-state index contributed by atoms with van der Waals surface area (Å²) in [5.74, 6) is 0. The Balaban J connectivity index is 3.38. The topological polar surface area (TPSA) is 21.3 Å². The molecule has 1 atom stereocenters. The van der Waals surface area contributed by atoms with Crippen molar-refractivity contribution in [1.29, 1.82) is 0 Å². The molecule has 0 rings (SSSR count). The summed E-state index contributed by atoms with van der Waals surface area (Å²) < 4.78 is 5.56. The molecule has 1 N–H and O–H groups in total. The van der Waals surface area contributed by atoms with Gasteiger partial charge in [0.2, 0.25) is 0 Å². The second-order valence-corrected chi connectivity index (χ2v) is 5.93. The van der Waals surface area contributed by atoms with E-state index in [0.717, 1.165) is 19.8 Å². The molecule has 0 aliphatic rings. The van der Waals surface area contributed by atoms with Crippen molar-refractivity contribution in [3.05, 3.63) is 0 Å². The number of hydrogen-bond acceptors (Lipinski definition) is 2. The average Bonchev–Trinajstić information content (AvgIpc) is 2.47. The lowest BCUT2D eigenvalue weighted by molar-refractivity contribution is 0.119. The van der Waals surface area contributed by atoms with E-state index in [1.54, 1.807) is 0 Å². The summed E-state index contributed by atoms with van der Waals surface area (Å²) in [5, 5.41) is 3.60. The summed E-state index contributed by atoms with van der Waals surface area (Å²) in [6, 6.07) is 0.569. The van der Waals surface area contributed by atoms with Crippen LogP contribution >= 0.6 is 0 Å². The van der Waals surface area contributed by atoms with Gasteiger partial charge in [0, 0.05) is 12.6 Å². The summed E-state index contributed by atoms with van der Waals surface area (Å²) >= 11 is 0. The first-order valence-corrected chi connectivity index (χ1v) is 9.16. The SMILES string of the molecule is CCCCCCCCCCCC(COCC)NCCC. The standard InChI is InChI=1S/C18H39NO/c1-4-7-8-9-10-11-12-13-14-15-18(17-20-6-3)19-16-5-2/h18-19H,4-17H2,1-3H3. The van der Waals surface area contributed by atoms with Gasteiger partial charge >= 0.3 is 0 Å². The maximum Gasteiger partial charge on any atom is 0.0619 e. The highest BCUT2D eigenvalue weighted by Crippen LogP contribution is 2.11. The molecule has 1 unspecified atom stereocenters. The van der Waals surface area contributed by atoms with Crippen LogP contribution in [0.3, 0.4) is 0 Å². The largest absolute Gasteiger partial charge is 0.380 e. The third-order valence-electron chi connectivity index (χ3n) is 3.86. The van der Waals surface area contributed by atoms with Crippen LogP contribution in [0.5, 0.6) is 0 Å². The minimum Gasteiger partial charge on any atom is -0.380 e. The Hall–Kier alpha value is -0.0800. The van der Waals surface area contributed by atoms with Crippen LogP contribution in [0.15, 0.2) is 0 Å². The molecule has 0 aliphatic carbocycles. The molecule has 122 valence electrons. The van der Waals surface area contributed by atoms with E-state index >= 15 is 0 Å². The van der Waals surface area contributed by atoms with Crippen molar-refractivity contribution in [2.24, 2.45) is 0 Å². The minimum atomic E-state index is 0.569. The van der Waals surface area contributed by atoms with Gasteiger partial charge in [-0.3, -0.25) is 0 Å². The normalized spacial score (nSPS) is 12.8. The molecule has 0 saturated carbocycles. The highest BCUT2D eigenvalue weighted by molar-refractivity contribution is 4.66. The van der Waals surface area contributed by atoms with Crippen molar-refractivity contribution in [3.63, 3.8) is 0 Å². The van der Waals surface area contributed by atoms with Gasteiger partial charge in [0.15, 0.2) is 0 Å². The highest BCUT2D eigenvalue weighted by Gasteiger charge is 2.06. The fourth-order valence-corrected chi connectivity index (χ4v) is 2.55. The molecule has 0 amide bonds. The molecule has 0 radical (unpaired) electrons. The summed E-state index contributed by atoms with van der Waals surface area (Å²) in [5.41, 5.74) is 0. The van der Waals surface area contributed by atoms with Gasteiger partial charge in [-0.15, -0.1) is 0 Å². The number of hydrogen-bond donors (Lipinski definition) is 1. The predicted octanol–water partition coefficient (Wildman–Crippen LogP) is 5.31. The summed E-state index contributed by atoms with van der Waals surface area (Å²) in [6.45, 7) is 9.43. The predicted molar refractivity (Wildman–Crippen MR) is 90.4 cm³/mol. The molecule has 2 nitrogen and oxygen atoms in total. The number of nitrogens with one attached hydrogen (secondary N) is 1. The van der Waals surface area contributed by atoms with E-state index in [1.165, 1.54) is 70.6 Å². The summed E-state index contributed by atoms with van der Waals surface area (Å²) in [4.78, 5) is 0. The van der Waals surface area contributed by atoms with E-state index in [1.807, 2.05) is 0 Å². The lowest BCUT2D eigenvalue weighted by Crippen LogP contribution is -2.34. The maximum absolute atomic E-state index is 5.56. The zero-order chi connectivity index (χ0) is 14.9. The Morgan fingerprint density at radius 3 is 1.90 bits per heavy atom. The molecule has 0 spiro atoms. The van der Waals surface area contributed by atoms with Crippen LogP contribution < -0.4 is 5.32 Å². The second kappa shape index (κ2) is 17.0. The van der Waals surface area contributed by atoms with E-state index in [4.69, 9.17) is 4.74 Å². The molecule has 0 aromatic rings. The van der Waals surface area contributed by atoms with E-state index in [-0.39, 0.29) is 0 Å². The van der Waals surface area contributed by atoms with E-state index in [9.17, 15) is 0 Å². The molecular formula is C18H39NO. The van der Waals surface area contributed by atoms with Crippen LogP contribution in [-0.4, -0.2) is 25.8 Å². The molecule has 0 saturated heterocycles. The zero-order valence-corrected chi connectivity index (χ0v) is 14.4. The van der Waals surface area contributed by atoms with Crippen LogP contribution in [0.1, 0.15) is 91.4 Å². The third kappa shape index (κ3) is 14.3. The third-order valence-corrected chi connectivity index (χ3v) is 3.86. The van der Waals surface area contributed by atoms with Crippen LogP contribution in [0.2, 0.25) is 0 Å². The van der Waals surface area contributed by atoms with Gasteiger partial charge in [-0.25, -0.2) is 0 Å². The van der Waals surface area contributed by atoms with E-state index < -0.39 is 0 Å². The quantitative estimate of drug-likeness (QED) is 0.388. The smallest absolute Gasteiger partial charge is 0.0619 e. The Bertz CT molecular complexity index is 165. The number of unbranched alkanes of at least 4 members (excludes halogenated alkanes) is 8. The van der Waals surface area contributed by atoms with Gasteiger partial charge in [0.1, 0.15) is 0 Å².